The van der Waals surface area contributed by atoms with E-state index in [2.05, 4.69) is 16.9 Å². The topological polar surface area (TPSA) is 87.5 Å². The van der Waals surface area contributed by atoms with Gasteiger partial charge in [-0.3, -0.25) is 0 Å². The number of urea groups is 1. The van der Waals surface area contributed by atoms with Crippen molar-refractivity contribution in [3.05, 3.63) is 30.9 Å². The molecule has 0 aromatic carbocycles. The Kier molecular flexibility index (Phi) is 5.76. The third-order valence-electron chi connectivity index (χ3n) is 2.71. The number of hydrogen-bond donors (Lipinski definition) is 2. The Morgan fingerprint density at radius 3 is 2.80 bits per heavy atom. The molecule has 0 aliphatic heterocycles. The van der Waals surface area contributed by atoms with Crippen LogP contribution < -0.4 is 5.32 Å². The van der Waals surface area contributed by atoms with Crippen molar-refractivity contribution in [1.29, 1.82) is 0 Å². The number of imidazole rings is 1. The molecule has 0 fully saturated rings. The van der Waals surface area contributed by atoms with E-state index in [0.29, 0.717) is 19.6 Å². The molecule has 0 bridgehead atoms. The summed E-state index contributed by atoms with van der Waals surface area (Å²) < 4.78 is 1.62. The number of nitrogens with one attached hydrogen (secondary N) is 1. The number of aromatic nitrogens is 2. The van der Waals surface area contributed by atoms with Gasteiger partial charge < -0.3 is 19.9 Å². The monoisotopic (exact) mass is 280 g/mol. The summed E-state index contributed by atoms with van der Waals surface area (Å²) in [5.74, 6) is -1.07. The number of hydrogen-bond acceptors (Lipinski definition) is 3. The molecule has 0 unspecified atom stereocenters. The highest BCUT2D eigenvalue weighted by atomic mass is 16.4. The zero-order valence-electron chi connectivity index (χ0n) is 11.7. The lowest BCUT2D eigenvalue weighted by molar-refractivity contribution is 0.0691. The Bertz CT molecular complexity index is 482. The van der Waals surface area contributed by atoms with Crippen molar-refractivity contribution in [2.45, 2.75) is 26.4 Å². The second-order valence-electron chi connectivity index (χ2n) is 4.57. The Morgan fingerprint density at radius 1 is 1.60 bits per heavy atom. The maximum Gasteiger partial charge on any atom is 0.356 e. The van der Waals surface area contributed by atoms with Gasteiger partial charge in [0.2, 0.25) is 0 Å². The molecule has 1 aromatic rings. The van der Waals surface area contributed by atoms with E-state index in [4.69, 9.17) is 5.11 Å². The third-order valence-corrected chi connectivity index (χ3v) is 2.71. The quantitative estimate of drug-likeness (QED) is 0.734. The van der Waals surface area contributed by atoms with Crippen LogP contribution in [-0.2, 0) is 6.54 Å². The van der Waals surface area contributed by atoms with Gasteiger partial charge in [-0.25, -0.2) is 14.6 Å². The fourth-order valence-corrected chi connectivity index (χ4v) is 1.65. The van der Waals surface area contributed by atoms with E-state index in [0.717, 1.165) is 0 Å². The van der Waals surface area contributed by atoms with Gasteiger partial charge in [0.05, 0.1) is 6.33 Å². The summed E-state index contributed by atoms with van der Waals surface area (Å²) in [6, 6.07) is -0.0849. The highest BCUT2D eigenvalue weighted by Crippen LogP contribution is 1.99. The van der Waals surface area contributed by atoms with Crippen LogP contribution in [0.2, 0.25) is 0 Å². The van der Waals surface area contributed by atoms with Gasteiger partial charge in [-0.2, -0.15) is 0 Å². The van der Waals surface area contributed by atoms with E-state index in [9.17, 15) is 9.59 Å². The zero-order chi connectivity index (χ0) is 15.1. The number of carboxylic acid groups (broad SMARTS) is 1. The molecule has 2 N–H and O–H groups in total. The van der Waals surface area contributed by atoms with Crippen molar-refractivity contribution in [2.24, 2.45) is 0 Å². The van der Waals surface area contributed by atoms with Crippen LogP contribution in [0.4, 0.5) is 4.79 Å². The molecule has 110 valence electrons. The van der Waals surface area contributed by atoms with Crippen LogP contribution in [0.15, 0.2) is 25.2 Å². The van der Waals surface area contributed by atoms with Gasteiger partial charge in [0, 0.05) is 31.9 Å². The summed E-state index contributed by atoms with van der Waals surface area (Å²) in [6.45, 7) is 8.83. The summed E-state index contributed by atoms with van der Waals surface area (Å²) in [7, 11) is 0. The van der Waals surface area contributed by atoms with Crippen molar-refractivity contribution in [3.63, 3.8) is 0 Å². The fraction of sp³-hybridized carbons (Fsp3) is 0.462. The van der Waals surface area contributed by atoms with E-state index in [1.54, 1.807) is 15.5 Å². The van der Waals surface area contributed by atoms with Gasteiger partial charge in [0.25, 0.3) is 0 Å². The number of amides is 2. The fourth-order valence-electron chi connectivity index (χ4n) is 1.65. The number of rotatable bonds is 7. The summed E-state index contributed by atoms with van der Waals surface area (Å²) in [4.78, 5) is 28.0. The molecule has 0 aliphatic carbocycles. The first-order chi connectivity index (χ1) is 9.45. The Morgan fingerprint density at radius 2 is 2.30 bits per heavy atom. The van der Waals surface area contributed by atoms with E-state index >= 15 is 0 Å². The first-order valence-corrected chi connectivity index (χ1v) is 6.36. The van der Waals surface area contributed by atoms with E-state index < -0.39 is 5.97 Å². The minimum Gasteiger partial charge on any atom is -0.476 e. The minimum absolute atomic E-state index is 0.00760. The predicted octanol–water partition coefficient (Wildman–Crippen LogP) is 1.19. The van der Waals surface area contributed by atoms with E-state index in [1.165, 1.54) is 12.5 Å². The number of nitrogens with zero attached hydrogens (tertiary/aromatic N) is 3. The van der Waals surface area contributed by atoms with Crippen molar-refractivity contribution in [1.82, 2.24) is 19.8 Å². The number of carboxylic acids is 1. The summed E-state index contributed by atoms with van der Waals surface area (Å²) >= 11 is 0. The smallest absolute Gasteiger partial charge is 0.356 e. The molecule has 0 atom stereocenters. The molecule has 0 saturated carbocycles. The molecule has 0 aliphatic rings. The molecular weight excluding hydrogens is 260 g/mol. The molecule has 7 nitrogen and oxygen atoms in total. The molecule has 0 saturated heterocycles. The normalized spacial score (nSPS) is 10.3. The molecule has 2 amide bonds. The van der Waals surface area contributed by atoms with Gasteiger partial charge in [-0.05, 0) is 13.8 Å². The molecule has 1 rings (SSSR count). The van der Waals surface area contributed by atoms with Crippen molar-refractivity contribution >= 4 is 12.0 Å². The maximum atomic E-state index is 11.9. The third kappa shape index (κ3) is 4.42. The zero-order valence-corrected chi connectivity index (χ0v) is 11.7. The van der Waals surface area contributed by atoms with Crippen molar-refractivity contribution < 1.29 is 14.7 Å². The lowest BCUT2D eigenvalue weighted by Gasteiger charge is -2.25. The molecular formula is C13H20N4O3. The van der Waals surface area contributed by atoms with Crippen LogP contribution >= 0.6 is 0 Å². The van der Waals surface area contributed by atoms with Crippen molar-refractivity contribution in [3.8, 4) is 0 Å². The van der Waals surface area contributed by atoms with Gasteiger partial charge >= 0.3 is 12.0 Å². The van der Waals surface area contributed by atoms with Gasteiger partial charge in [-0.15, -0.1) is 6.58 Å². The minimum atomic E-state index is -1.07. The molecule has 1 heterocycles. The second-order valence-corrected chi connectivity index (χ2v) is 4.57. The first-order valence-electron chi connectivity index (χ1n) is 6.36. The number of aromatic carboxylic acids is 1. The largest absolute Gasteiger partial charge is 0.476 e. The average molecular weight is 280 g/mol. The summed E-state index contributed by atoms with van der Waals surface area (Å²) in [6.07, 6.45) is 4.53. The molecule has 0 spiro atoms. The Hall–Kier alpha value is -2.31. The Labute approximate surface area is 117 Å². The van der Waals surface area contributed by atoms with Crippen LogP contribution in [0, 0.1) is 0 Å². The molecule has 1 aromatic heterocycles. The van der Waals surface area contributed by atoms with Crippen molar-refractivity contribution in [2.75, 3.05) is 13.1 Å². The van der Waals surface area contributed by atoms with Gasteiger partial charge in [-0.1, -0.05) is 6.08 Å². The van der Waals surface area contributed by atoms with Gasteiger partial charge in [0.1, 0.15) is 0 Å². The van der Waals surface area contributed by atoms with Crippen LogP contribution in [0.1, 0.15) is 24.3 Å². The highest BCUT2D eigenvalue weighted by Gasteiger charge is 2.14. The second kappa shape index (κ2) is 7.32. The predicted molar refractivity (Wildman–Crippen MR) is 74.6 cm³/mol. The Balaban J connectivity index is 2.44. The van der Waals surface area contributed by atoms with Crippen LogP contribution in [0.25, 0.3) is 0 Å². The summed E-state index contributed by atoms with van der Waals surface area (Å²) in [5, 5.41) is 11.5. The lowest BCUT2D eigenvalue weighted by Crippen LogP contribution is -2.44. The maximum absolute atomic E-state index is 11.9. The molecule has 7 heteroatoms. The lowest BCUT2D eigenvalue weighted by atomic mass is 10.3. The average Bonchev–Trinajstić information content (AvgIpc) is 2.84. The van der Waals surface area contributed by atoms with Gasteiger partial charge in [0.15, 0.2) is 5.69 Å². The standard InChI is InChI=1S/C13H20N4O3/c1-4-6-17(10(2)3)13(20)14-5-7-16-8-11(12(18)19)15-9-16/h4,8-10H,1,5-7H2,2-3H3,(H,14,20)(H,18,19). The number of carbonyl (C=O) groups is 2. The van der Waals surface area contributed by atoms with E-state index in [-0.39, 0.29) is 17.8 Å². The highest BCUT2D eigenvalue weighted by molar-refractivity contribution is 5.84. The van der Waals surface area contributed by atoms with Crippen LogP contribution in [0.3, 0.4) is 0 Å². The van der Waals surface area contributed by atoms with Crippen LogP contribution in [0.5, 0.6) is 0 Å². The SMILES string of the molecule is C=CCN(C(=O)NCCn1cnc(C(=O)O)c1)C(C)C. The first kappa shape index (κ1) is 15.7. The molecule has 0 radical (unpaired) electrons. The van der Waals surface area contributed by atoms with E-state index in [1.807, 2.05) is 13.8 Å². The summed E-state index contributed by atoms with van der Waals surface area (Å²) in [5.41, 5.74) is -0.00760. The number of carbonyl (C=O) groups excluding carboxylic acids is 1. The van der Waals surface area contributed by atoms with Crippen LogP contribution in [-0.4, -0.2) is 50.7 Å². The molecule has 20 heavy (non-hydrogen) atoms.